The van der Waals surface area contributed by atoms with Crippen LogP contribution in [-0.2, 0) is 24.0 Å². The minimum absolute atomic E-state index is 0.0299. The average Bonchev–Trinajstić information content (AvgIpc) is 3.31. The van der Waals surface area contributed by atoms with Gasteiger partial charge in [-0.3, -0.25) is 19.3 Å². The number of carboxylic acids is 1. The number of halogens is 1. The number of nitrogens with one attached hydrogen (secondary N) is 1. The van der Waals surface area contributed by atoms with E-state index in [1.165, 1.54) is 11.8 Å². The molecule has 1 aromatic rings. The Morgan fingerprint density at radius 2 is 2.08 bits per heavy atom. The number of carboxylic acid groups (broad SMARTS) is 1. The van der Waals surface area contributed by atoms with E-state index in [4.69, 9.17) is 11.5 Å². The van der Waals surface area contributed by atoms with Crippen LogP contribution in [-0.4, -0.2) is 98.4 Å². The van der Waals surface area contributed by atoms with Gasteiger partial charge in [-0.15, -0.1) is 11.8 Å². The predicted molar refractivity (Wildman–Crippen MR) is 134 cm³/mol. The van der Waals surface area contributed by atoms with Crippen LogP contribution in [0.15, 0.2) is 28.6 Å². The molecule has 2 atom stereocenters. The molecule has 5 N–H and O–H groups in total. The smallest absolute Gasteiger partial charge is 0.278 e. The Balaban J connectivity index is 1.78. The Bertz CT molecular complexity index is 1200. The number of nitrogens with two attached hydrogens (primary N) is 2. The molecule has 0 bridgehead atoms. The van der Waals surface area contributed by atoms with E-state index in [0.29, 0.717) is 29.7 Å². The van der Waals surface area contributed by atoms with Gasteiger partial charge in [0.2, 0.25) is 11.5 Å². The van der Waals surface area contributed by atoms with Gasteiger partial charge in [-0.1, -0.05) is 11.2 Å². The molecule has 1 saturated heterocycles. The fourth-order valence-electron chi connectivity index (χ4n) is 4.09. The van der Waals surface area contributed by atoms with E-state index < -0.39 is 47.7 Å². The van der Waals surface area contributed by atoms with Gasteiger partial charge >= 0.3 is 0 Å². The van der Waals surface area contributed by atoms with E-state index >= 15 is 0 Å². The first kappa shape index (κ1) is 29.0. The maximum Gasteiger partial charge on any atom is 0.278 e. The van der Waals surface area contributed by atoms with Gasteiger partial charge in [-0.05, 0) is 25.5 Å². The van der Waals surface area contributed by atoms with E-state index in [-0.39, 0.29) is 29.0 Å². The van der Waals surface area contributed by atoms with E-state index in [1.54, 1.807) is 12.2 Å². The minimum Gasteiger partial charge on any atom is -0.543 e. The number of likely N-dealkylation sites (N-methyl/N-ethyl adjacent to an activating group) is 1. The Hall–Kier alpha value is -3.57. The number of primary amides is 1. The van der Waals surface area contributed by atoms with E-state index in [2.05, 4.69) is 24.7 Å². The zero-order valence-corrected chi connectivity index (χ0v) is 22.2. The Labute approximate surface area is 225 Å². The number of fused-ring (bicyclic) bond motifs is 1. The number of hydrogen-bond acceptors (Lipinski definition) is 12. The van der Waals surface area contributed by atoms with E-state index in [0.717, 1.165) is 16.4 Å². The Morgan fingerprint density at radius 3 is 2.63 bits per heavy atom. The third-order valence-electron chi connectivity index (χ3n) is 6.20. The van der Waals surface area contributed by atoms with Gasteiger partial charge in [0.05, 0.1) is 31.3 Å². The standard InChI is InChI=1S/C21H27FN8O6S2/c1-3-30(4-2,8-12(23)31)7-5-6-11-9-37-19-14(18(33)29(19)15(11)20(34)35)25-17(32)13(27-36-10-22)16-26-21(24)38-28-16/h5-6,14,19H,3-4,7-10H2,1-2H3,(H5-,23,24,25,26,28,31,32,34,35)/b6-5+,27-13-/t14-,19-/m1/s1. The topological polar surface area (TPSA) is 206 Å². The molecular weight excluding hydrogens is 543 g/mol. The van der Waals surface area contributed by atoms with Crippen molar-refractivity contribution in [2.24, 2.45) is 10.9 Å². The monoisotopic (exact) mass is 570 g/mol. The lowest BCUT2D eigenvalue weighted by Gasteiger charge is -2.50. The van der Waals surface area contributed by atoms with Crippen LogP contribution in [0, 0.1) is 0 Å². The highest BCUT2D eigenvalue weighted by atomic mass is 32.2. The number of rotatable bonds is 13. The van der Waals surface area contributed by atoms with Crippen molar-refractivity contribution in [3.05, 3.63) is 29.2 Å². The third kappa shape index (κ3) is 6.11. The summed E-state index contributed by atoms with van der Waals surface area (Å²) in [6.07, 6.45) is 3.35. The van der Waals surface area contributed by atoms with Crippen molar-refractivity contribution in [2.75, 3.05) is 44.5 Å². The number of quaternary nitrogens is 1. The lowest BCUT2D eigenvalue weighted by Crippen LogP contribution is -2.71. The minimum atomic E-state index is -1.54. The highest BCUT2D eigenvalue weighted by Gasteiger charge is 2.53. The van der Waals surface area contributed by atoms with Crippen molar-refractivity contribution in [3.8, 4) is 0 Å². The molecule has 206 valence electrons. The molecule has 14 nitrogen and oxygen atoms in total. The average molecular weight is 571 g/mol. The molecule has 1 fully saturated rings. The summed E-state index contributed by atoms with van der Waals surface area (Å²) < 4.78 is 16.7. The van der Waals surface area contributed by atoms with Crippen LogP contribution in [0.25, 0.3) is 0 Å². The summed E-state index contributed by atoms with van der Waals surface area (Å²) in [4.78, 5) is 58.4. The number of nitrogen functional groups attached to an aromatic ring is 1. The van der Waals surface area contributed by atoms with Gasteiger partial charge in [0.15, 0.2) is 11.7 Å². The van der Waals surface area contributed by atoms with E-state index in [9.17, 15) is 28.7 Å². The summed E-state index contributed by atoms with van der Waals surface area (Å²) in [5, 5.41) is 17.1. The number of aliphatic carboxylic acids is 1. The first-order valence-corrected chi connectivity index (χ1v) is 13.2. The number of carbonyl (C=O) groups is 4. The molecule has 0 aromatic carbocycles. The van der Waals surface area contributed by atoms with Crippen LogP contribution in [0.4, 0.5) is 9.52 Å². The molecule has 0 unspecified atom stereocenters. The summed E-state index contributed by atoms with van der Waals surface area (Å²) in [5.74, 6) is -3.60. The van der Waals surface area contributed by atoms with Gasteiger partial charge in [-0.25, -0.2) is 4.39 Å². The van der Waals surface area contributed by atoms with Crippen molar-refractivity contribution in [1.29, 1.82) is 0 Å². The van der Waals surface area contributed by atoms with Crippen LogP contribution >= 0.6 is 23.3 Å². The van der Waals surface area contributed by atoms with Crippen molar-refractivity contribution in [2.45, 2.75) is 25.3 Å². The molecule has 17 heteroatoms. The van der Waals surface area contributed by atoms with Crippen molar-refractivity contribution in [3.63, 3.8) is 0 Å². The number of oxime groups is 1. The predicted octanol–water partition coefficient (Wildman–Crippen LogP) is -1.93. The number of aromatic nitrogens is 2. The molecule has 2 aliphatic rings. The van der Waals surface area contributed by atoms with Crippen molar-refractivity contribution >= 4 is 57.8 Å². The summed E-state index contributed by atoms with van der Waals surface area (Å²) >= 11 is 2.01. The SMILES string of the molecule is CC[N+](CC)(C/C=C/C1=C(C(=O)[O-])N2C(=O)[C@@H](NC(=O)/C(=N\OCF)c3nsc(N)n3)[C@H]2SC1)CC(N)=O. The maximum absolute atomic E-state index is 12.9. The molecule has 0 spiro atoms. The zero-order chi connectivity index (χ0) is 28.0. The fourth-order valence-corrected chi connectivity index (χ4v) is 5.85. The van der Waals surface area contributed by atoms with E-state index in [1.807, 2.05) is 13.8 Å². The molecule has 0 saturated carbocycles. The molecule has 0 radical (unpaired) electrons. The van der Waals surface area contributed by atoms with Gasteiger partial charge in [0.1, 0.15) is 11.4 Å². The molecule has 2 aliphatic heterocycles. The van der Waals surface area contributed by atoms with Gasteiger partial charge < -0.3 is 36.0 Å². The van der Waals surface area contributed by atoms with Gasteiger partial charge in [0, 0.05) is 17.3 Å². The summed E-state index contributed by atoms with van der Waals surface area (Å²) in [5.41, 5.74) is 10.5. The number of anilines is 1. The summed E-state index contributed by atoms with van der Waals surface area (Å²) in [6.45, 7) is 4.39. The highest BCUT2D eigenvalue weighted by Crippen LogP contribution is 2.40. The largest absolute Gasteiger partial charge is 0.543 e. The zero-order valence-electron chi connectivity index (χ0n) is 20.6. The van der Waals surface area contributed by atoms with Crippen LogP contribution in [0.5, 0.6) is 0 Å². The molecular formula is C21H27FN8O6S2. The molecule has 38 heavy (non-hydrogen) atoms. The van der Waals surface area contributed by atoms with Crippen LogP contribution in [0.3, 0.4) is 0 Å². The number of hydrogen-bond donors (Lipinski definition) is 3. The Morgan fingerprint density at radius 1 is 1.37 bits per heavy atom. The fraction of sp³-hybridized carbons (Fsp3) is 0.476. The molecule has 3 amide bonds. The molecule has 1 aromatic heterocycles. The normalized spacial score (nSPS) is 19.8. The quantitative estimate of drug-likeness (QED) is 0.104. The van der Waals surface area contributed by atoms with Crippen molar-refractivity contribution < 1.29 is 38.0 Å². The second-order valence-corrected chi connectivity index (χ2v) is 10.2. The number of nitrogens with zero attached hydrogens (tertiary/aromatic N) is 5. The summed E-state index contributed by atoms with van der Waals surface area (Å²) in [6, 6.07) is -1.10. The number of alkyl halides is 1. The molecule has 3 heterocycles. The number of amides is 3. The highest BCUT2D eigenvalue weighted by molar-refractivity contribution is 8.00. The van der Waals surface area contributed by atoms with Crippen LogP contribution in [0.2, 0.25) is 0 Å². The number of carbonyl (C=O) groups excluding carboxylic acids is 4. The molecule has 0 aliphatic carbocycles. The second-order valence-electron chi connectivity index (χ2n) is 8.34. The third-order valence-corrected chi connectivity index (χ3v) is 8.04. The first-order chi connectivity index (χ1) is 18.1. The van der Waals surface area contributed by atoms with Crippen LogP contribution < -0.4 is 21.9 Å². The Kier molecular flexibility index (Phi) is 9.40. The number of β-lactam (4-membered cyclic amide) rings is 1. The lowest BCUT2D eigenvalue weighted by molar-refractivity contribution is -0.911. The lowest BCUT2D eigenvalue weighted by atomic mass is 10.0. The van der Waals surface area contributed by atoms with Crippen LogP contribution in [0.1, 0.15) is 19.7 Å². The second kappa shape index (κ2) is 12.3. The number of thioether (sulfide) groups is 1. The van der Waals surface area contributed by atoms with Crippen molar-refractivity contribution in [1.82, 2.24) is 19.6 Å². The maximum atomic E-state index is 12.9. The van der Waals surface area contributed by atoms with Gasteiger partial charge in [0.25, 0.3) is 24.6 Å². The number of allylic oxidation sites excluding steroid dienone is 1. The molecule has 3 rings (SSSR count). The van der Waals surface area contributed by atoms with Gasteiger partial charge in [-0.2, -0.15) is 9.36 Å². The first-order valence-electron chi connectivity index (χ1n) is 11.4. The summed E-state index contributed by atoms with van der Waals surface area (Å²) in [7, 11) is 0.